The van der Waals surface area contributed by atoms with Crippen molar-refractivity contribution in [2.75, 3.05) is 13.1 Å². The zero-order chi connectivity index (χ0) is 28.9. The van der Waals surface area contributed by atoms with E-state index in [9.17, 15) is 4.39 Å². The number of hydrogen-bond donors (Lipinski definition) is 3. The average molecular weight is 568 g/mol. The molecule has 5 heteroatoms. The van der Waals surface area contributed by atoms with E-state index in [1.54, 1.807) is 0 Å². The second-order valence-electron chi connectivity index (χ2n) is 15.8. The summed E-state index contributed by atoms with van der Waals surface area (Å²) in [7, 11) is 0. The molecule has 0 bridgehead atoms. The number of halogens is 1. The number of rotatable bonds is 9. The van der Waals surface area contributed by atoms with E-state index in [2.05, 4.69) is 45.3 Å². The number of nitrogens with two attached hydrogens (primary N) is 1. The van der Waals surface area contributed by atoms with E-state index in [0.29, 0.717) is 40.7 Å². The van der Waals surface area contributed by atoms with E-state index in [1.807, 2.05) is 12.1 Å². The molecule has 1 aromatic carbocycles. The van der Waals surface area contributed by atoms with Crippen molar-refractivity contribution < 1.29 is 9.13 Å². The Balaban J connectivity index is 1.04. The molecule has 0 radical (unpaired) electrons. The maximum Gasteiger partial charge on any atom is 0.123 e. The van der Waals surface area contributed by atoms with E-state index < -0.39 is 0 Å². The fourth-order valence-electron chi connectivity index (χ4n) is 11.1. The van der Waals surface area contributed by atoms with Crippen LogP contribution < -0.4 is 16.4 Å². The lowest BCUT2D eigenvalue weighted by Crippen LogP contribution is -2.56. The first-order valence-corrected chi connectivity index (χ1v) is 17.2. The van der Waals surface area contributed by atoms with Gasteiger partial charge in [0.25, 0.3) is 0 Å². The molecule has 13 atom stereocenters. The van der Waals surface area contributed by atoms with Crippen LogP contribution in [0.5, 0.6) is 0 Å². The molecular formula is C36H58FN3O. The normalized spacial score (nSPS) is 44.9. The Morgan fingerprint density at radius 2 is 1.73 bits per heavy atom. The van der Waals surface area contributed by atoms with Crippen molar-refractivity contribution in [1.82, 2.24) is 10.6 Å². The molecule has 0 spiro atoms. The van der Waals surface area contributed by atoms with Gasteiger partial charge >= 0.3 is 0 Å². The van der Waals surface area contributed by atoms with Gasteiger partial charge in [0.2, 0.25) is 0 Å². The molecule has 0 amide bonds. The van der Waals surface area contributed by atoms with E-state index >= 15 is 0 Å². The van der Waals surface area contributed by atoms with Crippen LogP contribution >= 0.6 is 0 Å². The number of ether oxygens (including phenoxy) is 1. The van der Waals surface area contributed by atoms with Gasteiger partial charge in [-0.1, -0.05) is 53.2 Å². The van der Waals surface area contributed by atoms with Crippen LogP contribution in [0.25, 0.3) is 0 Å². The van der Waals surface area contributed by atoms with Crippen LogP contribution in [0.1, 0.15) is 98.0 Å². The highest BCUT2D eigenvalue weighted by Gasteiger charge is 2.65. The number of fused-ring (bicyclic) bond motifs is 7. The topological polar surface area (TPSA) is 59.3 Å². The van der Waals surface area contributed by atoms with Crippen LogP contribution in [-0.2, 0) is 11.2 Å². The molecule has 230 valence electrons. The van der Waals surface area contributed by atoms with Gasteiger partial charge in [-0.15, -0.1) is 0 Å². The lowest BCUT2D eigenvalue weighted by Gasteiger charge is -2.61. The van der Waals surface area contributed by atoms with Gasteiger partial charge in [-0.2, -0.15) is 0 Å². The van der Waals surface area contributed by atoms with Gasteiger partial charge in [-0.3, -0.25) is 5.32 Å². The Bertz CT molecular complexity index is 1030. The van der Waals surface area contributed by atoms with Crippen molar-refractivity contribution in [3.63, 3.8) is 0 Å². The molecule has 1 saturated heterocycles. The first-order chi connectivity index (χ1) is 19.6. The molecule has 1 aromatic rings. The number of benzene rings is 1. The Kier molecular flexibility index (Phi) is 8.66. The Labute approximate surface area is 249 Å². The summed E-state index contributed by atoms with van der Waals surface area (Å²) in [5.74, 6) is 5.30. The highest BCUT2D eigenvalue weighted by molar-refractivity contribution is 5.17. The molecule has 4 saturated carbocycles. The van der Waals surface area contributed by atoms with Crippen LogP contribution in [0, 0.1) is 58.1 Å². The average Bonchev–Trinajstić information content (AvgIpc) is 3.44. The third-order valence-corrected chi connectivity index (χ3v) is 13.6. The van der Waals surface area contributed by atoms with E-state index in [0.717, 1.165) is 48.7 Å². The smallest absolute Gasteiger partial charge is 0.123 e. The summed E-state index contributed by atoms with van der Waals surface area (Å²) in [4.78, 5) is 0. The van der Waals surface area contributed by atoms with Crippen LogP contribution in [0.3, 0.4) is 0 Å². The predicted octanol–water partition coefficient (Wildman–Crippen LogP) is 6.92. The first-order valence-electron chi connectivity index (χ1n) is 17.2. The maximum atomic E-state index is 13.3. The van der Waals surface area contributed by atoms with Crippen molar-refractivity contribution in [3.05, 3.63) is 35.6 Å². The predicted molar refractivity (Wildman–Crippen MR) is 166 cm³/mol. The van der Waals surface area contributed by atoms with E-state index in [-0.39, 0.29) is 18.1 Å². The summed E-state index contributed by atoms with van der Waals surface area (Å²) in [5, 5.41) is 7.66. The van der Waals surface area contributed by atoms with Crippen molar-refractivity contribution in [2.24, 2.45) is 58.0 Å². The molecule has 4 nitrogen and oxygen atoms in total. The molecule has 4 N–H and O–H groups in total. The molecule has 6 unspecified atom stereocenters. The third-order valence-electron chi connectivity index (χ3n) is 13.6. The van der Waals surface area contributed by atoms with Crippen molar-refractivity contribution >= 4 is 0 Å². The molecule has 6 rings (SSSR count). The standard InChI is InChI=1S/C36H58FN3O/c1-6-22(2)20-40-34-23(3)33-32(41-34)19-31-29-12-9-25-18-28(13-15-35(25,4)30(29)14-16-36(31,33)5)39-21-27(38)17-24-7-10-26(37)11-8-24/h7-8,10-11,22-23,25,27-34,39-40H,6,9,12-21,38H2,1-5H3/t22-,23?,25?,27-,28?,29+,30?,31?,32-,33?,34-,35-,36-/m0/s1. The SMILES string of the molecule is CC[C@H](C)CN[C@H]1O[C@H]2CC3[C@@H]4CCC5CC(NC[C@@H](N)Cc6ccc(F)cc6)CC[C@]5(C)C4CC[C@]3(C)C2C1C. The fourth-order valence-corrected chi connectivity index (χ4v) is 11.1. The zero-order valence-corrected chi connectivity index (χ0v) is 26.5. The van der Waals surface area contributed by atoms with Gasteiger partial charge in [0.15, 0.2) is 0 Å². The van der Waals surface area contributed by atoms with Crippen molar-refractivity contribution in [2.45, 2.75) is 123 Å². The molecule has 5 aliphatic rings. The largest absolute Gasteiger partial charge is 0.360 e. The van der Waals surface area contributed by atoms with Crippen LogP contribution in [0.15, 0.2) is 24.3 Å². The minimum absolute atomic E-state index is 0.0665. The van der Waals surface area contributed by atoms with Crippen molar-refractivity contribution in [3.8, 4) is 0 Å². The molecule has 0 aromatic heterocycles. The van der Waals surface area contributed by atoms with Gasteiger partial charge in [0.1, 0.15) is 12.0 Å². The minimum Gasteiger partial charge on any atom is -0.360 e. The lowest BCUT2D eigenvalue weighted by molar-refractivity contribution is -0.119. The van der Waals surface area contributed by atoms with Crippen LogP contribution in [-0.4, -0.2) is 37.5 Å². The minimum atomic E-state index is -0.180. The summed E-state index contributed by atoms with van der Waals surface area (Å²) in [5.41, 5.74) is 8.54. The Morgan fingerprint density at radius 1 is 0.976 bits per heavy atom. The quantitative estimate of drug-likeness (QED) is 0.303. The van der Waals surface area contributed by atoms with Gasteiger partial charge in [-0.05, 0) is 122 Å². The molecule has 5 fully saturated rings. The number of hydrogen-bond acceptors (Lipinski definition) is 4. The first kappa shape index (κ1) is 30.0. The van der Waals surface area contributed by atoms with Gasteiger partial charge in [0.05, 0.1) is 6.10 Å². The van der Waals surface area contributed by atoms with Crippen molar-refractivity contribution in [1.29, 1.82) is 0 Å². The van der Waals surface area contributed by atoms with E-state index in [4.69, 9.17) is 10.5 Å². The molecule has 1 heterocycles. The second kappa shape index (κ2) is 11.8. The summed E-state index contributed by atoms with van der Waals surface area (Å²) in [6.45, 7) is 14.4. The maximum absolute atomic E-state index is 13.3. The fraction of sp³-hybridized carbons (Fsp3) is 0.833. The highest BCUT2D eigenvalue weighted by Crippen LogP contribution is 2.69. The van der Waals surface area contributed by atoms with Gasteiger partial charge < -0.3 is 15.8 Å². The van der Waals surface area contributed by atoms with E-state index in [1.165, 1.54) is 69.9 Å². The van der Waals surface area contributed by atoms with Gasteiger partial charge in [0, 0.05) is 31.1 Å². The molecule has 4 aliphatic carbocycles. The summed E-state index contributed by atoms with van der Waals surface area (Å²) < 4.78 is 20.1. The molecule has 1 aliphatic heterocycles. The Morgan fingerprint density at radius 3 is 2.49 bits per heavy atom. The highest BCUT2D eigenvalue weighted by atomic mass is 19.1. The molecular weight excluding hydrogens is 509 g/mol. The van der Waals surface area contributed by atoms with Gasteiger partial charge in [-0.25, -0.2) is 4.39 Å². The Hall–Kier alpha value is -1.01. The lowest BCUT2D eigenvalue weighted by atomic mass is 9.44. The third kappa shape index (κ3) is 5.56. The second-order valence-corrected chi connectivity index (χ2v) is 15.8. The zero-order valence-electron chi connectivity index (χ0n) is 26.5. The number of nitrogens with one attached hydrogen (secondary N) is 2. The van der Waals surface area contributed by atoms with Crippen LogP contribution in [0.4, 0.5) is 4.39 Å². The molecule has 41 heavy (non-hydrogen) atoms. The summed E-state index contributed by atoms with van der Waals surface area (Å²) >= 11 is 0. The van der Waals surface area contributed by atoms with Crippen LogP contribution in [0.2, 0.25) is 0 Å². The monoisotopic (exact) mass is 567 g/mol. The summed E-state index contributed by atoms with van der Waals surface area (Å²) in [6, 6.07) is 7.45. The summed E-state index contributed by atoms with van der Waals surface area (Å²) in [6.07, 6.45) is 13.6.